The maximum atomic E-state index is 13.9. The Labute approximate surface area is 301 Å². The normalized spacial score (nSPS) is 15.0. The van der Waals surface area contributed by atoms with Crippen LogP contribution >= 0.6 is 23.2 Å². The van der Waals surface area contributed by atoms with Gasteiger partial charge in [0, 0.05) is 47.0 Å². The van der Waals surface area contributed by atoms with Gasteiger partial charge in [-0.1, -0.05) is 35.3 Å². The fraction of sp³-hybridized carbons (Fsp3) is 0.294. The minimum absolute atomic E-state index is 0.00162. The Morgan fingerprint density at radius 1 is 1.16 bits per heavy atom. The number of ether oxygens (including phenoxy) is 1. The van der Waals surface area contributed by atoms with Gasteiger partial charge >= 0.3 is 12.3 Å². The van der Waals surface area contributed by atoms with Crippen LogP contribution in [0.2, 0.25) is 10.0 Å². The van der Waals surface area contributed by atoms with E-state index in [1.54, 1.807) is 0 Å². The molecule has 0 spiro atoms. The number of anilines is 1. The number of rotatable bonds is 11. The fourth-order valence-electron chi connectivity index (χ4n) is 5.79. The van der Waals surface area contributed by atoms with Gasteiger partial charge in [-0.2, -0.15) is 22.7 Å². The number of nitriles is 1. The van der Waals surface area contributed by atoms with Gasteiger partial charge in [-0.25, -0.2) is 18.2 Å². The van der Waals surface area contributed by atoms with Crippen LogP contribution in [0, 0.1) is 18.3 Å². The summed E-state index contributed by atoms with van der Waals surface area (Å²) in [6.07, 6.45) is -5.03. The highest BCUT2D eigenvalue weighted by Crippen LogP contribution is 2.39. The molecule has 11 nitrogen and oxygen atoms in total. The SMILES string of the molecule is Cc1cc(C(F)(F)F)c2cccc(OCc3c(Cl)ccc(S(=O)(=O)N4CCC[C@H]4C(=O)NCCCN(C(=O)O)c4ccc(C#N)cc4)c3Cl)c2n1. The van der Waals surface area contributed by atoms with Crippen LogP contribution in [-0.4, -0.2) is 60.5 Å². The van der Waals surface area contributed by atoms with Crippen molar-refractivity contribution >= 4 is 61.8 Å². The zero-order chi connectivity index (χ0) is 37.1. The number of alkyl halides is 3. The van der Waals surface area contributed by atoms with E-state index in [1.165, 1.54) is 61.5 Å². The molecule has 1 aromatic heterocycles. The molecule has 268 valence electrons. The molecule has 1 saturated heterocycles. The van der Waals surface area contributed by atoms with Crippen molar-refractivity contribution in [3.63, 3.8) is 0 Å². The average molecular weight is 765 g/mol. The van der Waals surface area contributed by atoms with Crippen molar-refractivity contribution in [2.75, 3.05) is 24.5 Å². The van der Waals surface area contributed by atoms with Gasteiger partial charge < -0.3 is 15.2 Å². The lowest BCUT2D eigenvalue weighted by Gasteiger charge is -2.25. The zero-order valence-electron chi connectivity index (χ0n) is 26.9. The number of fused-ring (bicyclic) bond motifs is 1. The molecule has 0 bridgehead atoms. The lowest BCUT2D eigenvalue weighted by Crippen LogP contribution is -2.46. The van der Waals surface area contributed by atoms with E-state index in [0.717, 1.165) is 15.3 Å². The molecule has 4 aromatic rings. The first-order valence-corrected chi connectivity index (χ1v) is 17.7. The molecule has 2 heterocycles. The van der Waals surface area contributed by atoms with Crippen LogP contribution in [0.3, 0.4) is 0 Å². The van der Waals surface area contributed by atoms with Gasteiger partial charge in [0.1, 0.15) is 28.8 Å². The summed E-state index contributed by atoms with van der Waals surface area (Å²) < 4.78 is 75.9. The van der Waals surface area contributed by atoms with E-state index in [0.29, 0.717) is 17.7 Å². The van der Waals surface area contributed by atoms with Crippen LogP contribution in [0.1, 0.15) is 41.6 Å². The van der Waals surface area contributed by atoms with Crippen LogP contribution in [0.25, 0.3) is 10.9 Å². The third-order valence-corrected chi connectivity index (χ3v) is 11.1. The van der Waals surface area contributed by atoms with Crippen LogP contribution in [0.15, 0.2) is 65.6 Å². The number of nitrogens with one attached hydrogen (secondary N) is 1. The van der Waals surface area contributed by atoms with Crippen LogP contribution in [-0.2, 0) is 27.6 Å². The lowest BCUT2D eigenvalue weighted by atomic mass is 10.1. The van der Waals surface area contributed by atoms with Crippen LogP contribution in [0.5, 0.6) is 5.75 Å². The third-order valence-electron chi connectivity index (χ3n) is 8.25. The number of aromatic nitrogens is 1. The van der Waals surface area contributed by atoms with E-state index in [9.17, 15) is 36.3 Å². The molecule has 5 rings (SSSR count). The minimum Gasteiger partial charge on any atom is -0.487 e. The number of halogens is 5. The molecule has 51 heavy (non-hydrogen) atoms. The van der Waals surface area contributed by atoms with Crippen molar-refractivity contribution in [1.29, 1.82) is 5.26 Å². The molecular weight excluding hydrogens is 734 g/mol. The Bertz CT molecular complexity index is 2130. The Hall–Kier alpha value is -4.62. The second kappa shape index (κ2) is 15.3. The Kier molecular flexibility index (Phi) is 11.3. The summed E-state index contributed by atoms with van der Waals surface area (Å²) in [6.45, 7) is 1.12. The highest BCUT2D eigenvalue weighted by molar-refractivity contribution is 7.89. The van der Waals surface area contributed by atoms with Crippen molar-refractivity contribution in [2.45, 2.75) is 49.9 Å². The molecule has 1 aliphatic heterocycles. The number of carbonyl (C=O) groups is 2. The van der Waals surface area contributed by atoms with Crippen LogP contribution < -0.4 is 15.0 Å². The summed E-state index contributed by atoms with van der Waals surface area (Å²) in [6, 6.07) is 14.4. The standard InChI is InChI=1S/C34H30Cl2F3N5O6S/c1-20-17-25(34(37,38)39)23-5-2-7-28(31(23)42-20)50-19-24-26(35)12-13-29(30(24)36)51(48,49)44-16-3-6-27(44)32(45)41-14-4-15-43(33(46)47)22-10-8-21(18-40)9-11-22/h2,5,7-13,17,27H,3-4,6,14-16,19H2,1H3,(H,41,45)(H,46,47)/t27-/m0/s1. The van der Waals surface area contributed by atoms with Crippen molar-refractivity contribution in [3.8, 4) is 11.8 Å². The Balaban J connectivity index is 1.29. The molecule has 1 fully saturated rings. The molecule has 0 saturated carbocycles. The Morgan fingerprint density at radius 3 is 2.55 bits per heavy atom. The molecular formula is C34H30Cl2F3N5O6S. The first kappa shape index (κ1) is 37.6. The first-order chi connectivity index (χ1) is 24.1. The first-order valence-electron chi connectivity index (χ1n) is 15.5. The number of carbonyl (C=O) groups excluding carboxylic acids is 1. The van der Waals surface area contributed by atoms with E-state index in [4.69, 9.17) is 33.2 Å². The summed E-state index contributed by atoms with van der Waals surface area (Å²) in [5.74, 6) is -0.566. The van der Waals surface area contributed by atoms with Gasteiger partial charge in [0.2, 0.25) is 15.9 Å². The van der Waals surface area contributed by atoms with Gasteiger partial charge in [0.05, 0.1) is 22.2 Å². The summed E-state index contributed by atoms with van der Waals surface area (Å²) in [4.78, 5) is 30.0. The minimum atomic E-state index is -4.64. The van der Waals surface area contributed by atoms with Crippen molar-refractivity contribution in [1.82, 2.24) is 14.6 Å². The average Bonchev–Trinajstić information content (AvgIpc) is 3.59. The van der Waals surface area contributed by atoms with E-state index in [1.807, 2.05) is 6.07 Å². The molecule has 17 heteroatoms. The van der Waals surface area contributed by atoms with E-state index >= 15 is 0 Å². The number of pyridine rings is 1. The van der Waals surface area contributed by atoms with Crippen LogP contribution in [0.4, 0.5) is 23.7 Å². The molecule has 0 aliphatic carbocycles. The molecule has 0 unspecified atom stereocenters. The largest absolute Gasteiger partial charge is 0.487 e. The molecule has 2 amide bonds. The van der Waals surface area contributed by atoms with E-state index < -0.39 is 46.4 Å². The third kappa shape index (κ3) is 8.15. The van der Waals surface area contributed by atoms with Gasteiger partial charge in [0.15, 0.2) is 0 Å². The van der Waals surface area contributed by atoms with Gasteiger partial charge in [-0.3, -0.25) is 9.69 Å². The van der Waals surface area contributed by atoms with Gasteiger partial charge in [-0.15, -0.1) is 0 Å². The molecule has 2 N–H and O–H groups in total. The smallest absolute Gasteiger partial charge is 0.417 e. The highest BCUT2D eigenvalue weighted by Gasteiger charge is 2.41. The van der Waals surface area contributed by atoms with Crippen molar-refractivity contribution in [2.24, 2.45) is 0 Å². The zero-order valence-corrected chi connectivity index (χ0v) is 29.2. The maximum Gasteiger partial charge on any atom is 0.417 e. The number of amides is 2. The van der Waals surface area contributed by atoms with Crippen molar-refractivity contribution in [3.05, 3.63) is 93.1 Å². The van der Waals surface area contributed by atoms with E-state index in [2.05, 4.69) is 10.3 Å². The summed E-state index contributed by atoms with van der Waals surface area (Å²) >= 11 is 13.0. The summed E-state index contributed by atoms with van der Waals surface area (Å²) in [5, 5.41) is 20.9. The number of hydrogen-bond acceptors (Lipinski definition) is 7. The maximum absolute atomic E-state index is 13.9. The second-order valence-corrected chi connectivity index (χ2v) is 14.2. The fourth-order valence-corrected chi connectivity index (χ4v) is 8.31. The van der Waals surface area contributed by atoms with E-state index in [-0.39, 0.29) is 75.3 Å². The topological polar surface area (TPSA) is 153 Å². The number of nitrogens with zero attached hydrogens (tertiary/aromatic N) is 4. The number of carboxylic acid groups (broad SMARTS) is 1. The monoisotopic (exact) mass is 763 g/mol. The molecule has 3 aromatic carbocycles. The predicted molar refractivity (Wildman–Crippen MR) is 183 cm³/mol. The highest BCUT2D eigenvalue weighted by atomic mass is 35.5. The number of aryl methyl sites for hydroxylation is 1. The number of para-hydroxylation sites is 1. The summed E-state index contributed by atoms with van der Waals surface area (Å²) in [7, 11) is -4.36. The van der Waals surface area contributed by atoms with Gasteiger partial charge in [-0.05, 0) is 74.7 Å². The number of hydrogen-bond donors (Lipinski definition) is 2. The van der Waals surface area contributed by atoms with Gasteiger partial charge in [0.25, 0.3) is 0 Å². The molecule has 1 atom stereocenters. The number of sulfonamides is 1. The molecule has 0 radical (unpaired) electrons. The molecule has 1 aliphatic rings. The Morgan fingerprint density at radius 2 is 1.88 bits per heavy atom. The second-order valence-electron chi connectivity index (χ2n) is 11.6. The lowest BCUT2D eigenvalue weighted by molar-refractivity contribution is -0.136. The predicted octanol–water partition coefficient (Wildman–Crippen LogP) is 7.16. The quantitative estimate of drug-likeness (QED) is 0.153. The number of benzene rings is 3. The van der Waals surface area contributed by atoms with Crippen molar-refractivity contribution < 1.29 is 41.0 Å². The summed E-state index contributed by atoms with van der Waals surface area (Å²) in [5.41, 5.74) is -0.0256.